The number of pyridine rings is 1. The predicted octanol–water partition coefficient (Wildman–Crippen LogP) is 2.79. The number of nitrogen functional groups attached to an aromatic ring is 1. The molecule has 1 aromatic heterocycles. The molecule has 0 saturated carbocycles. The smallest absolute Gasteiger partial charge is 0.165 e. The van der Waals surface area contributed by atoms with Gasteiger partial charge in [0.2, 0.25) is 0 Å². The molecule has 3 nitrogen and oxygen atoms in total. The van der Waals surface area contributed by atoms with Gasteiger partial charge in [0.25, 0.3) is 0 Å². The molecular weight excluding hydrogens is 219 g/mol. The molecule has 1 aromatic carbocycles. The molecule has 0 radical (unpaired) electrons. The summed E-state index contributed by atoms with van der Waals surface area (Å²) in [5.41, 5.74) is 8.59. The molecule has 4 heteroatoms. The lowest BCUT2D eigenvalue weighted by Crippen LogP contribution is -1.95. The number of aromatic nitrogens is 1. The number of hydrogen-bond acceptors (Lipinski definition) is 3. The van der Waals surface area contributed by atoms with E-state index in [2.05, 4.69) is 4.98 Å². The highest BCUT2D eigenvalue weighted by Crippen LogP contribution is 2.27. The Bertz CT molecular complexity index is 555. The lowest BCUT2D eigenvalue weighted by molar-refractivity contribution is 0.386. The zero-order valence-electron chi connectivity index (χ0n) is 9.70. The average Bonchev–Trinajstić information content (AvgIpc) is 2.29. The minimum atomic E-state index is -0.424. The van der Waals surface area contributed by atoms with Gasteiger partial charge in [-0.3, -0.25) is 4.98 Å². The van der Waals surface area contributed by atoms with Crippen molar-refractivity contribution in [2.75, 3.05) is 12.8 Å². The highest BCUT2D eigenvalue weighted by Gasteiger charge is 2.08. The summed E-state index contributed by atoms with van der Waals surface area (Å²) in [6.07, 6.45) is 1.70. The normalized spacial score (nSPS) is 10.3. The van der Waals surface area contributed by atoms with E-state index < -0.39 is 5.82 Å². The molecule has 0 saturated heterocycles. The third-order valence-corrected chi connectivity index (χ3v) is 2.48. The minimum absolute atomic E-state index is 0.208. The molecule has 0 spiro atoms. The lowest BCUT2D eigenvalue weighted by atomic mass is 10.1. The van der Waals surface area contributed by atoms with Crippen LogP contribution in [0.25, 0.3) is 11.3 Å². The van der Waals surface area contributed by atoms with Crippen molar-refractivity contribution in [2.45, 2.75) is 6.92 Å². The first kappa shape index (κ1) is 11.4. The molecule has 0 atom stereocenters. The summed E-state index contributed by atoms with van der Waals surface area (Å²) >= 11 is 0. The van der Waals surface area contributed by atoms with Crippen LogP contribution >= 0.6 is 0 Å². The summed E-state index contributed by atoms with van der Waals surface area (Å²) in [6.45, 7) is 1.90. The van der Waals surface area contributed by atoms with Crippen molar-refractivity contribution < 1.29 is 9.13 Å². The number of rotatable bonds is 2. The van der Waals surface area contributed by atoms with Crippen molar-refractivity contribution in [3.63, 3.8) is 0 Å². The van der Waals surface area contributed by atoms with Gasteiger partial charge in [-0.2, -0.15) is 0 Å². The Kier molecular flexibility index (Phi) is 2.95. The van der Waals surface area contributed by atoms with Gasteiger partial charge in [0.05, 0.1) is 18.5 Å². The van der Waals surface area contributed by atoms with Crippen LogP contribution in [-0.4, -0.2) is 12.1 Å². The van der Waals surface area contributed by atoms with E-state index in [9.17, 15) is 4.39 Å². The van der Waals surface area contributed by atoms with Crippen LogP contribution in [-0.2, 0) is 0 Å². The van der Waals surface area contributed by atoms with Crippen LogP contribution in [0.15, 0.2) is 30.5 Å². The first-order valence-electron chi connectivity index (χ1n) is 5.18. The van der Waals surface area contributed by atoms with E-state index in [1.165, 1.54) is 13.2 Å². The van der Waals surface area contributed by atoms with Gasteiger partial charge in [-0.25, -0.2) is 4.39 Å². The molecule has 2 aromatic rings. The number of hydrogen-bond donors (Lipinski definition) is 1. The average molecular weight is 232 g/mol. The van der Waals surface area contributed by atoms with Crippen LogP contribution in [0.1, 0.15) is 5.56 Å². The predicted molar refractivity (Wildman–Crippen MR) is 65.3 cm³/mol. The summed E-state index contributed by atoms with van der Waals surface area (Å²) in [6, 6.07) is 6.47. The van der Waals surface area contributed by atoms with Crippen molar-refractivity contribution >= 4 is 5.69 Å². The molecular formula is C13H13FN2O. The molecule has 2 rings (SSSR count). The van der Waals surface area contributed by atoms with Gasteiger partial charge in [0, 0.05) is 11.8 Å². The second kappa shape index (κ2) is 4.41. The second-order valence-electron chi connectivity index (χ2n) is 3.80. The van der Waals surface area contributed by atoms with Crippen molar-refractivity contribution in [3.05, 3.63) is 41.8 Å². The first-order chi connectivity index (χ1) is 8.11. The molecule has 0 aliphatic heterocycles. The second-order valence-corrected chi connectivity index (χ2v) is 3.80. The van der Waals surface area contributed by atoms with E-state index in [1.54, 1.807) is 18.3 Å². The van der Waals surface area contributed by atoms with Gasteiger partial charge in [-0.15, -0.1) is 0 Å². The van der Waals surface area contributed by atoms with E-state index in [4.69, 9.17) is 10.5 Å². The van der Waals surface area contributed by atoms with E-state index in [1.807, 2.05) is 13.0 Å². The number of nitrogens with two attached hydrogens (primary N) is 1. The number of methoxy groups -OCH3 is 1. The third-order valence-electron chi connectivity index (χ3n) is 2.48. The molecule has 0 unspecified atom stereocenters. The molecule has 2 N–H and O–H groups in total. The molecule has 0 aliphatic rings. The Hall–Kier alpha value is -2.10. The quantitative estimate of drug-likeness (QED) is 0.866. The summed E-state index contributed by atoms with van der Waals surface area (Å²) < 4.78 is 18.4. The highest BCUT2D eigenvalue weighted by atomic mass is 19.1. The molecule has 88 valence electrons. The zero-order valence-corrected chi connectivity index (χ0v) is 9.70. The van der Waals surface area contributed by atoms with Gasteiger partial charge in [-0.05, 0) is 36.8 Å². The minimum Gasteiger partial charge on any atom is -0.494 e. The largest absolute Gasteiger partial charge is 0.494 e. The maximum Gasteiger partial charge on any atom is 0.165 e. The lowest BCUT2D eigenvalue weighted by Gasteiger charge is -2.07. The summed E-state index contributed by atoms with van der Waals surface area (Å²) in [4.78, 5) is 4.21. The molecule has 1 heterocycles. The van der Waals surface area contributed by atoms with Crippen LogP contribution in [0.5, 0.6) is 5.75 Å². The number of nitrogens with zero attached hydrogens (tertiary/aromatic N) is 1. The fourth-order valence-electron chi connectivity index (χ4n) is 1.65. The van der Waals surface area contributed by atoms with Crippen LogP contribution in [0, 0.1) is 12.7 Å². The van der Waals surface area contributed by atoms with E-state index in [-0.39, 0.29) is 5.75 Å². The van der Waals surface area contributed by atoms with Gasteiger partial charge in [-0.1, -0.05) is 0 Å². The Morgan fingerprint density at radius 3 is 2.65 bits per heavy atom. The third kappa shape index (κ3) is 2.20. The van der Waals surface area contributed by atoms with Crippen molar-refractivity contribution in [1.29, 1.82) is 0 Å². The van der Waals surface area contributed by atoms with Gasteiger partial charge >= 0.3 is 0 Å². The SMILES string of the molecule is COc1ccc(-c2ncc(C)cc2N)cc1F. The van der Waals surface area contributed by atoms with Crippen LogP contribution < -0.4 is 10.5 Å². The van der Waals surface area contributed by atoms with Crippen LogP contribution in [0.4, 0.5) is 10.1 Å². The number of benzene rings is 1. The first-order valence-corrected chi connectivity index (χ1v) is 5.18. The van der Waals surface area contributed by atoms with Crippen molar-refractivity contribution in [2.24, 2.45) is 0 Å². The van der Waals surface area contributed by atoms with E-state index in [0.717, 1.165) is 5.56 Å². The zero-order chi connectivity index (χ0) is 12.4. The Morgan fingerprint density at radius 1 is 1.29 bits per heavy atom. The Labute approximate surface area is 99.1 Å². The van der Waals surface area contributed by atoms with E-state index in [0.29, 0.717) is 16.9 Å². The summed E-state index contributed by atoms with van der Waals surface area (Å²) in [5, 5.41) is 0. The highest BCUT2D eigenvalue weighted by molar-refractivity contribution is 5.73. The monoisotopic (exact) mass is 232 g/mol. The number of halogens is 1. The maximum absolute atomic E-state index is 13.6. The van der Waals surface area contributed by atoms with Crippen LogP contribution in [0.2, 0.25) is 0 Å². The Balaban J connectivity index is 2.50. The summed E-state index contributed by atoms with van der Waals surface area (Å²) in [7, 11) is 1.43. The van der Waals surface area contributed by atoms with Gasteiger partial charge < -0.3 is 10.5 Å². The van der Waals surface area contributed by atoms with Crippen molar-refractivity contribution in [3.8, 4) is 17.0 Å². The molecule has 0 bridgehead atoms. The van der Waals surface area contributed by atoms with Gasteiger partial charge in [0.15, 0.2) is 11.6 Å². The molecule has 0 fully saturated rings. The van der Waals surface area contributed by atoms with Crippen molar-refractivity contribution in [1.82, 2.24) is 4.98 Å². The summed E-state index contributed by atoms with van der Waals surface area (Å²) in [5.74, 6) is -0.216. The maximum atomic E-state index is 13.6. The molecule has 0 aliphatic carbocycles. The standard InChI is InChI=1S/C13H13FN2O/c1-8-5-11(15)13(16-7-8)9-3-4-12(17-2)10(14)6-9/h3-7H,15H2,1-2H3. The number of aryl methyl sites for hydroxylation is 1. The fraction of sp³-hybridized carbons (Fsp3) is 0.154. The number of anilines is 1. The number of ether oxygens (including phenoxy) is 1. The van der Waals surface area contributed by atoms with Gasteiger partial charge in [0.1, 0.15) is 0 Å². The molecule has 17 heavy (non-hydrogen) atoms. The fourth-order valence-corrected chi connectivity index (χ4v) is 1.65. The van der Waals surface area contributed by atoms with Crippen LogP contribution in [0.3, 0.4) is 0 Å². The molecule has 0 amide bonds. The Morgan fingerprint density at radius 2 is 2.06 bits per heavy atom. The van der Waals surface area contributed by atoms with E-state index >= 15 is 0 Å². The topological polar surface area (TPSA) is 48.1 Å².